The Morgan fingerprint density at radius 2 is 1.78 bits per heavy atom. The van der Waals surface area contributed by atoms with Gasteiger partial charge in [-0.2, -0.15) is 0 Å². The summed E-state index contributed by atoms with van der Waals surface area (Å²) in [5.41, 5.74) is 4.93. The van der Waals surface area contributed by atoms with Gasteiger partial charge in [-0.3, -0.25) is 4.98 Å². The van der Waals surface area contributed by atoms with Crippen LogP contribution in [0, 0.1) is 24.7 Å². The van der Waals surface area contributed by atoms with Crippen LogP contribution in [0.15, 0.2) is 113 Å². The summed E-state index contributed by atoms with van der Waals surface area (Å²) in [6.07, 6.45) is 9.93. The third kappa shape index (κ3) is 7.96. The molecule has 3 aromatic carbocycles. The summed E-state index contributed by atoms with van der Waals surface area (Å²) in [4.78, 5) is 11.4. The molecule has 0 spiro atoms. The van der Waals surface area contributed by atoms with Gasteiger partial charge in [0.05, 0.1) is 29.2 Å². The van der Waals surface area contributed by atoms with Crippen molar-refractivity contribution < 1.29 is 29.3 Å². The fourth-order valence-corrected chi connectivity index (χ4v) is 10.2. The van der Waals surface area contributed by atoms with E-state index in [4.69, 9.17) is 24.2 Å². The molecule has 2 heterocycles. The van der Waals surface area contributed by atoms with E-state index in [9.17, 15) is 10.2 Å². The van der Waals surface area contributed by atoms with Gasteiger partial charge in [0.2, 0.25) is 5.79 Å². The lowest BCUT2D eigenvalue weighted by atomic mass is 9.56. The average Bonchev–Trinajstić information content (AvgIpc) is 3.18. The Morgan fingerprint density at radius 3 is 2.56 bits per heavy atom. The molecule has 9 heteroatoms. The zero-order valence-electron chi connectivity index (χ0n) is 31.4. The Morgan fingerprint density at radius 1 is 0.963 bits per heavy atom. The van der Waals surface area contributed by atoms with Crippen LogP contribution in [-0.2, 0) is 16.2 Å². The van der Waals surface area contributed by atoms with Crippen molar-refractivity contribution in [2.75, 3.05) is 26.9 Å². The molecule has 0 saturated heterocycles. The van der Waals surface area contributed by atoms with Gasteiger partial charge in [0.1, 0.15) is 25.2 Å². The van der Waals surface area contributed by atoms with E-state index in [1.807, 2.05) is 37.3 Å². The highest BCUT2D eigenvalue weighted by Gasteiger charge is 2.64. The van der Waals surface area contributed by atoms with Gasteiger partial charge in [-0.05, 0) is 103 Å². The number of hydrogen-bond donors (Lipinski definition) is 2. The Labute approximate surface area is 323 Å². The van der Waals surface area contributed by atoms with E-state index in [-0.39, 0.29) is 42.1 Å². The molecule has 1 fully saturated rings. The van der Waals surface area contributed by atoms with Crippen molar-refractivity contribution in [2.45, 2.75) is 80.3 Å². The fraction of sp³-hybridized carbons (Fsp3) is 0.422. The van der Waals surface area contributed by atoms with E-state index in [2.05, 4.69) is 66.2 Å². The van der Waals surface area contributed by atoms with Gasteiger partial charge in [-0.1, -0.05) is 66.5 Å². The van der Waals surface area contributed by atoms with Gasteiger partial charge >= 0.3 is 0 Å². The molecule has 4 aromatic rings. The van der Waals surface area contributed by atoms with Crippen LogP contribution in [-0.4, -0.2) is 58.9 Å². The second-order valence-electron chi connectivity index (χ2n) is 14.6. The summed E-state index contributed by atoms with van der Waals surface area (Å²) in [7, 11) is 1.62. The summed E-state index contributed by atoms with van der Waals surface area (Å²) < 4.78 is 20.8. The zero-order chi connectivity index (χ0) is 37.5. The topological polar surface area (TPSA) is 103 Å². The number of benzene rings is 3. The number of nitrogens with zero attached hydrogens (tertiary/aromatic N) is 2. The van der Waals surface area contributed by atoms with Crippen LogP contribution in [0.5, 0.6) is 11.5 Å². The zero-order valence-corrected chi connectivity index (χ0v) is 32.2. The Kier molecular flexibility index (Phi) is 12.4. The third-order valence-electron chi connectivity index (χ3n) is 11.2. The number of aliphatic hydroxyl groups excluding tert-OH is 2. The number of aryl methyl sites for hydroxylation is 1. The smallest absolute Gasteiger partial charge is 0.231 e. The molecule has 3 aliphatic rings. The van der Waals surface area contributed by atoms with Crippen molar-refractivity contribution in [2.24, 2.45) is 22.9 Å². The standard InChI is InChI=1S/C45H52N2O6S/c1-4-24-52-45-42(54-36-20-18-31-13-5-6-14-32(31)25-36)28-40(47-50-3)38-26-33(15-7-9-22-48)37(17-8-10-23-49)43(44(38)45)39-27-35(19-21-41(39)53-45)51-29-34-16-11-12-30(2)46-34/h4-6,11-14,16,18-21,25-27,33,37,42-44,48-49H,1,7-10,15,17,22-24,28-29H2,2-3H3/t33-,37+,42-,43+,44+,45+/m0/s1. The highest BCUT2D eigenvalue weighted by atomic mass is 32.2. The molecule has 0 radical (unpaired) electrons. The van der Waals surface area contributed by atoms with Gasteiger partial charge in [0.15, 0.2) is 0 Å². The van der Waals surface area contributed by atoms with Gasteiger partial charge in [-0.25, -0.2) is 0 Å². The first-order chi connectivity index (χ1) is 26.5. The van der Waals surface area contributed by atoms with Crippen molar-refractivity contribution >= 4 is 28.2 Å². The number of pyridine rings is 1. The maximum atomic E-state index is 9.89. The minimum absolute atomic E-state index is 0.0147. The number of aromatic nitrogens is 1. The van der Waals surface area contributed by atoms with Crippen LogP contribution in [0.4, 0.5) is 0 Å². The molecule has 0 unspecified atom stereocenters. The highest BCUT2D eigenvalue weighted by molar-refractivity contribution is 8.00. The van der Waals surface area contributed by atoms with Crippen LogP contribution in [0.2, 0.25) is 0 Å². The molecule has 54 heavy (non-hydrogen) atoms. The van der Waals surface area contributed by atoms with Crippen molar-refractivity contribution in [3.63, 3.8) is 0 Å². The monoisotopic (exact) mass is 748 g/mol. The maximum Gasteiger partial charge on any atom is 0.231 e. The van der Waals surface area contributed by atoms with Crippen molar-refractivity contribution in [1.82, 2.24) is 4.98 Å². The minimum atomic E-state index is -1.06. The first-order valence-electron chi connectivity index (χ1n) is 19.3. The number of allylic oxidation sites excluding steroid dienone is 1. The molecule has 7 rings (SSSR count). The summed E-state index contributed by atoms with van der Waals surface area (Å²) in [5, 5.41) is 26.6. The lowest BCUT2D eigenvalue weighted by Crippen LogP contribution is -2.64. The lowest BCUT2D eigenvalue weighted by Gasteiger charge is -2.58. The predicted molar refractivity (Wildman–Crippen MR) is 215 cm³/mol. The van der Waals surface area contributed by atoms with E-state index < -0.39 is 5.79 Å². The number of hydrogen-bond acceptors (Lipinski definition) is 9. The first kappa shape index (κ1) is 38.1. The van der Waals surface area contributed by atoms with Crippen LogP contribution in [0.1, 0.15) is 67.8 Å². The SMILES string of the molecule is C=CCO[C@@]12Oc3ccc(OCc4cccc(C)n4)cc3[C@H]3[C@H](CCCCO)[C@@H](CCCCO)C=C(C(=NOC)C[C@@H]1Sc1ccc4ccccc4c1)[C@H]32. The van der Waals surface area contributed by atoms with Crippen molar-refractivity contribution in [3.8, 4) is 11.5 Å². The quantitative estimate of drug-likeness (QED) is 0.0627. The summed E-state index contributed by atoms with van der Waals surface area (Å²) in [6, 6.07) is 27.2. The van der Waals surface area contributed by atoms with Crippen molar-refractivity contribution in [3.05, 3.63) is 120 Å². The van der Waals surface area contributed by atoms with E-state index in [0.717, 1.165) is 83.2 Å². The summed E-state index contributed by atoms with van der Waals surface area (Å²) in [6.45, 7) is 7.03. The molecule has 0 amide bonds. The first-order valence-corrected chi connectivity index (χ1v) is 20.2. The normalized spacial score (nSPS) is 25.0. The predicted octanol–water partition coefficient (Wildman–Crippen LogP) is 9.18. The minimum Gasteiger partial charge on any atom is -0.487 e. The number of unbranched alkanes of at least 4 members (excludes halogenated alkanes) is 2. The van der Waals surface area contributed by atoms with Gasteiger partial charge < -0.3 is 29.3 Å². The van der Waals surface area contributed by atoms with Crippen LogP contribution < -0.4 is 9.47 Å². The van der Waals surface area contributed by atoms with Crippen LogP contribution in [0.25, 0.3) is 10.8 Å². The Bertz CT molecular complexity index is 1980. The molecule has 2 aliphatic carbocycles. The summed E-state index contributed by atoms with van der Waals surface area (Å²) >= 11 is 1.77. The number of ether oxygens (including phenoxy) is 3. The van der Waals surface area contributed by atoms with Crippen molar-refractivity contribution in [1.29, 1.82) is 0 Å². The molecule has 1 saturated carbocycles. The molecule has 2 N–H and O–H groups in total. The molecular weight excluding hydrogens is 697 g/mol. The largest absolute Gasteiger partial charge is 0.487 e. The molecule has 284 valence electrons. The Hall–Kier alpha value is -4.15. The molecular formula is C45H52N2O6S. The maximum absolute atomic E-state index is 9.89. The third-order valence-corrected chi connectivity index (χ3v) is 12.5. The number of rotatable bonds is 17. The van der Waals surface area contributed by atoms with Gasteiger partial charge in [0, 0.05) is 41.7 Å². The lowest BCUT2D eigenvalue weighted by molar-refractivity contribution is -0.223. The molecule has 0 bridgehead atoms. The highest BCUT2D eigenvalue weighted by Crippen LogP contribution is 2.63. The molecule has 1 aliphatic heterocycles. The molecule has 8 nitrogen and oxygen atoms in total. The second-order valence-corrected chi connectivity index (χ2v) is 15.9. The van der Waals surface area contributed by atoms with E-state index >= 15 is 0 Å². The number of oxime groups is 1. The summed E-state index contributed by atoms with van der Waals surface area (Å²) in [5.74, 6) is 0.681. The van der Waals surface area contributed by atoms with E-state index in [0.29, 0.717) is 19.6 Å². The fourth-order valence-electron chi connectivity index (χ4n) is 8.87. The number of thioether (sulfide) groups is 1. The molecule has 1 aromatic heterocycles. The number of fused-ring (bicyclic) bond motifs is 3. The van der Waals surface area contributed by atoms with E-state index in [1.54, 1.807) is 24.9 Å². The van der Waals surface area contributed by atoms with Gasteiger partial charge in [-0.15, -0.1) is 18.3 Å². The Balaban J connectivity index is 1.38. The van der Waals surface area contributed by atoms with Gasteiger partial charge in [0.25, 0.3) is 0 Å². The second kappa shape index (κ2) is 17.5. The number of aliphatic hydroxyl groups is 2. The molecule has 6 atom stereocenters. The van der Waals surface area contributed by atoms with E-state index in [1.165, 1.54) is 10.8 Å². The van der Waals surface area contributed by atoms with Crippen LogP contribution in [0.3, 0.4) is 0 Å². The average molecular weight is 749 g/mol. The van der Waals surface area contributed by atoms with Crippen LogP contribution >= 0.6 is 11.8 Å².